The fraction of sp³-hybridized carbons (Fsp3) is 0.545. The number of carbonyl (C=O) groups excluding carboxylic acids is 1. The molecule has 0 spiro atoms. The Balaban J connectivity index is 1.93. The summed E-state index contributed by atoms with van der Waals surface area (Å²) in [7, 11) is 1.55. The van der Waals surface area contributed by atoms with Crippen molar-refractivity contribution in [3.63, 3.8) is 0 Å². The van der Waals surface area contributed by atoms with Gasteiger partial charge in [0, 0.05) is 18.9 Å². The first kappa shape index (κ1) is 10.1. The van der Waals surface area contributed by atoms with Gasteiger partial charge < -0.3 is 4.74 Å². The van der Waals surface area contributed by atoms with Crippen molar-refractivity contribution in [2.75, 3.05) is 7.11 Å². The van der Waals surface area contributed by atoms with Gasteiger partial charge in [-0.15, -0.1) is 0 Å². The zero-order valence-electron chi connectivity index (χ0n) is 8.77. The van der Waals surface area contributed by atoms with Crippen LogP contribution in [0.4, 0.5) is 0 Å². The van der Waals surface area contributed by atoms with Crippen LogP contribution in [0, 0.1) is 5.92 Å². The fourth-order valence-corrected chi connectivity index (χ4v) is 1.50. The lowest BCUT2D eigenvalue weighted by Crippen LogP contribution is -2.05. The Kier molecular flexibility index (Phi) is 2.94. The number of hydrogen-bond donors (Lipinski definition) is 0. The van der Waals surface area contributed by atoms with E-state index in [1.54, 1.807) is 13.2 Å². The van der Waals surface area contributed by atoms with Crippen molar-refractivity contribution in [1.82, 2.24) is 9.97 Å². The van der Waals surface area contributed by atoms with E-state index < -0.39 is 0 Å². The molecule has 0 aliphatic heterocycles. The molecule has 4 nitrogen and oxygen atoms in total. The van der Waals surface area contributed by atoms with Crippen LogP contribution in [0.2, 0.25) is 0 Å². The molecule has 0 N–H and O–H groups in total. The average Bonchev–Trinajstić information content (AvgIpc) is 3.02. The average molecular weight is 206 g/mol. The summed E-state index contributed by atoms with van der Waals surface area (Å²) in [4.78, 5) is 19.5. The highest BCUT2D eigenvalue weighted by Crippen LogP contribution is 2.32. The van der Waals surface area contributed by atoms with Gasteiger partial charge in [0.1, 0.15) is 12.1 Å². The van der Waals surface area contributed by atoms with Crippen LogP contribution >= 0.6 is 0 Å². The monoisotopic (exact) mass is 206 g/mol. The first-order valence-corrected chi connectivity index (χ1v) is 5.14. The van der Waals surface area contributed by atoms with E-state index in [1.807, 2.05) is 0 Å². The van der Waals surface area contributed by atoms with Crippen molar-refractivity contribution >= 4 is 5.78 Å². The predicted molar refractivity (Wildman–Crippen MR) is 54.6 cm³/mol. The van der Waals surface area contributed by atoms with Crippen LogP contribution in [0.25, 0.3) is 0 Å². The van der Waals surface area contributed by atoms with Crippen LogP contribution in [-0.2, 0) is 11.2 Å². The molecule has 1 heterocycles. The number of rotatable bonds is 5. The van der Waals surface area contributed by atoms with E-state index >= 15 is 0 Å². The van der Waals surface area contributed by atoms with E-state index in [0.29, 0.717) is 24.6 Å². The molecule has 0 atom stereocenters. The lowest BCUT2D eigenvalue weighted by atomic mass is 10.1. The molecule has 0 aromatic carbocycles. The third kappa shape index (κ3) is 3.01. The van der Waals surface area contributed by atoms with E-state index in [4.69, 9.17) is 4.74 Å². The highest BCUT2D eigenvalue weighted by atomic mass is 16.5. The molecule has 1 aromatic heterocycles. The van der Waals surface area contributed by atoms with Crippen molar-refractivity contribution < 1.29 is 9.53 Å². The minimum atomic E-state index is 0.262. The van der Waals surface area contributed by atoms with E-state index in [-0.39, 0.29) is 5.78 Å². The summed E-state index contributed by atoms with van der Waals surface area (Å²) in [6.07, 6.45) is 4.94. The second kappa shape index (κ2) is 4.38. The molecular formula is C11H14N2O2. The molecule has 1 saturated carbocycles. The van der Waals surface area contributed by atoms with Gasteiger partial charge in [-0.25, -0.2) is 9.97 Å². The molecule has 0 bridgehead atoms. The molecule has 1 aliphatic carbocycles. The van der Waals surface area contributed by atoms with Crippen LogP contribution in [0.5, 0.6) is 5.88 Å². The molecule has 1 aromatic rings. The molecule has 1 aliphatic rings. The molecular weight excluding hydrogens is 192 g/mol. The van der Waals surface area contributed by atoms with Gasteiger partial charge in [0.2, 0.25) is 5.88 Å². The Hall–Kier alpha value is -1.45. The number of hydrogen-bond acceptors (Lipinski definition) is 4. The van der Waals surface area contributed by atoms with Crippen molar-refractivity contribution in [3.8, 4) is 5.88 Å². The number of ether oxygens (including phenoxy) is 1. The van der Waals surface area contributed by atoms with Crippen LogP contribution < -0.4 is 4.74 Å². The largest absolute Gasteiger partial charge is 0.481 e. The maximum Gasteiger partial charge on any atom is 0.216 e. The van der Waals surface area contributed by atoms with Gasteiger partial charge in [-0.05, 0) is 18.8 Å². The van der Waals surface area contributed by atoms with Crippen molar-refractivity contribution in [2.45, 2.75) is 25.7 Å². The molecule has 15 heavy (non-hydrogen) atoms. The molecule has 0 radical (unpaired) electrons. The van der Waals surface area contributed by atoms with Gasteiger partial charge in [-0.2, -0.15) is 0 Å². The quantitative estimate of drug-likeness (QED) is 0.730. The van der Waals surface area contributed by atoms with Gasteiger partial charge in [-0.1, -0.05) is 0 Å². The first-order chi connectivity index (χ1) is 7.28. The van der Waals surface area contributed by atoms with E-state index in [2.05, 4.69) is 9.97 Å². The first-order valence-electron chi connectivity index (χ1n) is 5.14. The highest BCUT2D eigenvalue weighted by molar-refractivity contribution is 5.80. The number of Topliss-reactive ketones (excluding diaryl/α,β-unsaturated/α-hetero) is 1. The molecule has 0 saturated heterocycles. The van der Waals surface area contributed by atoms with Gasteiger partial charge in [-0.3, -0.25) is 4.79 Å². The Morgan fingerprint density at radius 1 is 1.53 bits per heavy atom. The molecule has 4 heteroatoms. The summed E-state index contributed by atoms with van der Waals surface area (Å²) >= 11 is 0. The molecule has 0 unspecified atom stereocenters. The molecule has 80 valence electrons. The Morgan fingerprint density at radius 2 is 2.33 bits per heavy atom. The minimum Gasteiger partial charge on any atom is -0.481 e. The summed E-state index contributed by atoms with van der Waals surface area (Å²) < 4.78 is 4.97. The SMILES string of the molecule is COc1cc(CC(=O)CC2CC2)ncn1. The summed E-state index contributed by atoms with van der Waals surface area (Å²) in [5.41, 5.74) is 0.743. The van der Waals surface area contributed by atoms with Crippen molar-refractivity contribution in [2.24, 2.45) is 5.92 Å². The van der Waals surface area contributed by atoms with Crippen LogP contribution in [0.3, 0.4) is 0 Å². The van der Waals surface area contributed by atoms with Gasteiger partial charge in [0.05, 0.1) is 12.8 Å². The third-order valence-corrected chi connectivity index (χ3v) is 2.50. The van der Waals surface area contributed by atoms with Crippen LogP contribution in [-0.4, -0.2) is 22.9 Å². The van der Waals surface area contributed by atoms with E-state index in [0.717, 1.165) is 5.69 Å². The number of ketones is 1. The smallest absolute Gasteiger partial charge is 0.216 e. The number of carbonyl (C=O) groups is 1. The molecule has 1 fully saturated rings. The van der Waals surface area contributed by atoms with Gasteiger partial charge >= 0.3 is 0 Å². The van der Waals surface area contributed by atoms with E-state index in [1.165, 1.54) is 19.2 Å². The summed E-state index contributed by atoms with van der Waals surface area (Å²) in [6.45, 7) is 0. The zero-order chi connectivity index (χ0) is 10.7. The van der Waals surface area contributed by atoms with E-state index in [9.17, 15) is 4.79 Å². The van der Waals surface area contributed by atoms with Crippen molar-refractivity contribution in [1.29, 1.82) is 0 Å². The maximum atomic E-state index is 11.6. The second-order valence-electron chi connectivity index (χ2n) is 3.91. The maximum absolute atomic E-state index is 11.6. The third-order valence-electron chi connectivity index (χ3n) is 2.50. The number of methoxy groups -OCH3 is 1. The fourth-order valence-electron chi connectivity index (χ4n) is 1.50. The lowest BCUT2D eigenvalue weighted by molar-refractivity contribution is -0.118. The summed E-state index contributed by atoms with van der Waals surface area (Å²) in [6, 6.07) is 1.71. The number of aromatic nitrogens is 2. The van der Waals surface area contributed by atoms with Crippen molar-refractivity contribution in [3.05, 3.63) is 18.1 Å². The summed E-state index contributed by atoms with van der Waals surface area (Å²) in [5.74, 6) is 1.42. The molecule has 2 rings (SSSR count). The minimum absolute atomic E-state index is 0.262. The lowest BCUT2D eigenvalue weighted by Gasteiger charge is -2.01. The highest BCUT2D eigenvalue weighted by Gasteiger charge is 2.24. The van der Waals surface area contributed by atoms with Gasteiger partial charge in [0.25, 0.3) is 0 Å². The Bertz CT molecular complexity index is 361. The standard InChI is InChI=1S/C11H14N2O2/c1-15-11-6-9(12-7-13-11)5-10(14)4-8-2-3-8/h6-8H,2-5H2,1H3. The number of nitrogens with zero attached hydrogens (tertiary/aromatic N) is 2. The molecule has 0 amide bonds. The second-order valence-corrected chi connectivity index (χ2v) is 3.91. The topological polar surface area (TPSA) is 52.1 Å². The Labute approximate surface area is 88.7 Å². The predicted octanol–water partition coefficient (Wildman–Crippen LogP) is 1.40. The van der Waals surface area contributed by atoms with Gasteiger partial charge in [0.15, 0.2) is 0 Å². The van der Waals surface area contributed by atoms with Crippen LogP contribution in [0.15, 0.2) is 12.4 Å². The zero-order valence-corrected chi connectivity index (χ0v) is 8.77. The van der Waals surface area contributed by atoms with Crippen LogP contribution in [0.1, 0.15) is 25.0 Å². The Morgan fingerprint density at radius 3 is 3.00 bits per heavy atom. The summed E-state index contributed by atoms with van der Waals surface area (Å²) in [5, 5.41) is 0. The normalized spacial score (nSPS) is 15.0.